The van der Waals surface area contributed by atoms with Crippen LogP contribution in [0.3, 0.4) is 0 Å². The Hall–Kier alpha value is -5.98. The van der Waals surface area contributed by atoms with Gasteiger partial charge in [0.1, 0.15) is 0 Å². The zero-order valence-corrected chi connectivity index (χ0v) is 24.8. The Kier molecular flexibility index (Phi) is 4.76. The summed E-state index contributed by atoms with van der Waals surface area (Å²) in [5, 5.41) is 5.25. The van der Waals surface area contributed by atoms with Gasteiger partial charge in [0, 0.05) is 0 Å². The molecule has 0 aliphatic heterocycles. The number of hydrogen-bond acceptors (Lipinski definition) is 0. The monoisotopic (exact) mass is 589 g/mol. The van der Waals surface area contributed by atoms with Crippen LogP contribution in [-0.4, -0.2) is 0 Å². The van der Waals surface area contributed by atoms with Gasteiger partial charge in [-0.2, -0.15) is 0 Å². The minimum Gasteiger partial charge on any atom is -0.0622 e. The van der Waals surface area contributed by atoms with Crippen molar-refractivity contribution in [1.82, 2.24) is 0 Å². The van der Waals surface area contributed by atoms with E-state index in [0.717, 1.165) is 32.7 Å². The molecule has 0 nitrogen and oxygen atoms in total. The summed E-state index contributed by atoms with van der Waals surface area (Å²) in [7, 11) is 0. The standard InChI is InChI=1S/C46H30/c1-2-12-31(13-3-1)35-26-27-43-44(30-35)46(37-19-10-18-36(29-37)40-23-11-17-33-15-6-7-20-39(33)40)42-22-9-8-21-41(42)45(43)38-25-24-32-14-4-5-16-34(32)28-38/h1-30H/i8D,9D,21D,22D,26D,27D,30D. The van der Waals surface area contributed by atoms with E-state index >= 15 is 0 Å². The summed E-state index contributed by atoms with van der Waals surface area (Å²) >= 11 is 0. The molecule has 0 heteroatoms. The van der Waals surface area contributed by atoms with Crippen LogP contribution in [-0.2, 0) is 0 Å². The molecule has 0 unspecified atom stereocenters. The maximum atomic E-state index is 9.92. The predicted molar refractivity (Wildman–Crippen MR) is 198 cm³/mol. The molecule has 0 saturated heterocycles. The second kappa shape index (κ2) is 10.9. The Bertz CT molecular complexity index is 2960. The SMILES string of the molecule is [2H]c1c([2H])c([2H])c2c(-c3cccc(-c4cccc5ccccc45)c3)c3c([2H])c(-c4ccccc4)c([2H])c([2H])c3c(-c3ccc4ccccc4c3)c2c1[2H]. The summed E-state index contributed by atoms with van der Waals surface area (Å²) in [5.74, 6) is 0. The third-order valence-electron chi connectivity index (χ3n) is 8.85. The van der Waals surface area contributed by atoms with Crippen molar-refractivity contribution in [3.63, 3.8) is 0 Å². The smallest absolute Gasteiger partial charge is 0.0622 e. The first-order valence-corrected chi connectivity index (χ1v) is 15.4. The van der Waals surface area contributed by atoms with Crippen LogP contribution in [0.1, 0.15) is 9.60 Å². The molecule has 0 saturated carbocycles. The zero-order chi connectivity index (χ0) is 36.5. The normalized spacial score (nSPS) is 13.6. The molecular weight excluding hydrogens is 553 g/mol. The van der Waals surface area contributed by atoms with Gasteiger partial charge in [0.05, 0.1) is 9.60 Å². The minimum absolute atomic E-state index is 0.0223. The Morgan fingerprint density at radius 3 is 1.78 bits per heavy atom. The molecule has 46 heavy (non-hydrogen) atoms. The molecule has 214 valence electrons. The predicted octanol–water partition coefficient (Wildman–Crippen LogP) is 13.0. The van der Waals surface area contributed by atoms with Crippen LogP contribution in [0.2, 0.25) is 0 Å². The molecule has 0 aliphatic carbocycles. The first-order chi connectivity index (χ1) is 25.7. The number of rotatable bonds is 4. The third-order valence-corrected chi connectivity index (χ3v) is 8.85. The van der Waals surface area contributed by atoms with E-state index in [4.69, 9.17) is 2.74 Å². The second-order valence-corrected chi connectivity index (χ2v) is 11.5. The lowest BCUT2D eigenvalue weighted by molar-refractivity contribution is 1.62. The van der Waals surface area contributed by atoms with E-state index in [0.29, 0.717) is 44.2 Å². The van der Waals surface area contributed by atoms with E-state index in [-0.39, 0.29) is 53.1 Å². The molecule has 0 atom stereocenters. The topological polar surface area (TPSA) is 0 Å². The van der Waals surface area contributed by atoms with Gasteiger partial charge in [0.25, 0.3) is 0 Å². The van der Waals surface area contributed by atoms with Crippen molar-refractivity contribution in [2.75, 3.05) is 0 Å². The lowest BCUT2D eigenvalue weighted by Crippen LogP contribution is -1.92. The fourth-order valence-electron chi connectivity index (χ4n) is 6.71. The van der Waals surface area contributed by atoms with Crippen molar-refractivity contribution < 1.29 is 9.60 Å². The van der Waals surface area contributed by atoms with E-state index in [9.17, 15) is 6.85 Å². The molecule has 0 spiro atoms. The van der Waals surface area contributed by atoms with Crippen LogP contribution < -0.4 is 0 Å². The van der Waals surface area contributed by atoms with Crippen LogP contribution in [0.5, 0.6) is 0 Å². The van der Waals surface area contributed by atoms with Crippen molar-refractivity contribution in [1.29, 1.82) is 0 Å². The molecule has 9 aromatic rings. The molecule has 0 bridgehead atoms. The zero-order valence-electron chi connectivity index (χ0n) is 31.8. The van der Waals surface area contributed by atoms with E-state index in [2.05, 4.69) is 24.3 Å². The molecule has 0 N–H and O–H groups in total. The van der Waals surface area contributed by atoms with Gasteiger partial charge < -0.3 is 0 Å². The van der Waals surface area contributed by atoms with Crippen LogP contribution >= 0.6 is 0 Å². The number of hydrogen-bond donors (Lipinski definition) is 0. The molecule has 0 fully saturated rings. The molecule has 0 heterocycles. The maximum Gasteiger partial charge on any atom is 0.0636 e. The number of benzene rings is 9. The third kappa shape index (κ3) is 4.38. The largest absolute Gasteiger partial charge is 0.0636 e. The highest BCUT2D eigenvalue weighted by atomic mass is 14.2. The molecule has 9 rings (SSSR count). The molecule has 0 aromatic heterocycles. The second-order valence-electron chi connectivity index (χ2n) is 11.5. The van der Waals surface area contributed by atoms with E-state index in [1.165, 1.54) is 0 Å². The van der Waals surface area contributed by atoms with Crippen molar-refractivity contribution in [3.8, 4) is 44.5 Å². The average Bonchev–Trinajstić information content (AvgIpc) is 3.20. The Morgan fingerprint density at radius 2 is 0.935 bits per heavy atom. The van der Waals surface area contributed by atoms with Crippen molar-refractivity contribution >= 4 is 43.1 Å². The van der Waals surface area contributed by atoms with Crippen molar-refractivity contribution in [2.45, 2.75) is 0 Å². The quantitative estimate of drug-likeness (QED) is 0.179. The first kappa shape index (κ1) is 20.1. The molecular formula is C46H30. The van der Waals surface area contributed by atoms with Gasteiger partial charge >= 0.3 is 0 Å². The van der Waals surface area contributed by atoms with Gasteiger partial charge in [-0.25, -0.2) is 0 Å². The van der Waals surface area contributed by atoms with Gasteiger partial charge in [-0.3, -0.25) is 0 Å². The van der Waals surface area contributed by atoms with Crippen LogP contribution in [0.25, 0.3) is 87.6 Å². The summed E-state index contributed by atoms with van der Waals surface area (Å²) in [5.41, 5.74) is 4.94. The van der Waals surface area contributed by atoms with Gasteiger partial charge in [-0.15, -0.1) is 0 Å². The summed E-state index contributed by atoms with van der Waals surface area (Å²) in [6.07, 6.45) is 0. The van der Waals surface area contributed by atoms with Gasteiger partial charge in [-0.1, -0.05) is 164 Å². The van der Waals surface area contributed by atoms with Gasteiger partial charge in [0.15, 0.2) is 0 Å². The highest BCUT2D eigenvalue weighted by molar-refractivity contribution is 6.22. The average molecular weight is 590 g/mol. The van der Waals surface area contributed by atoms with Crippen LogP contribution in [0.15, 0.2) is 182 Å². The summed E-state index contributed by atoms with van der Waals surface area (Å²) in [6, 6.07) is 43.6. The van der Waals surface area contributed by atoms with Crippen molar-refractivity contribution in [3.05, 3.63) is 182 Å². The maximum absolute atomic E-state index is 9.92. The fraction of sp³-hybridized carbons (Fsp3) is 0. The Balaban J connectivity index is 1.52. The number of fused-ring (bicyclic) bond motifs is 4. The molecule has 0 aliphatic rings. The summed E-state index contributed by atoms with van der Waals surface area (Å²) < 4.78 is 65.5. The first-order valence-electron chi connectivity index (χ1n) is 18.9. The minimum atomic E-state index is -0.385. The highest BCUT2D eigenvalue weighted by Crippen LogP contribution is 2.46. The Labute approximate surface area is 278 Å². The highest BCUT2D eigenvalue weighted by Gasteiger charge is 2.18. The molecule has 0 amide bonds. The van der Waals surface area contributed by atoms with E-state index < -0.39 is 0 Å². The summed E-state index contributed by atoms with van der Waals surface area (Å²) in [6.45, 7) is 0. The van der Waals surface area contributed by atoms with Crippen LogP contribution in [0, 0.1) is 0 Å². The summed E-state index contributed by atoms with van der Waals surface area (Å²) in [4.78, 5) is 0. The Morgan fingerprint density at radius 1 is 0.326 bits per heavy atom. The van der Waals surface area contributed by atoms with Gasteiger partial charge in [-0.05, 0) is 106 Å². The van der Waals surface area contributed by atoms with E-state index in [1.807, 2.05) is 115 Å². The lowest BCUT2D eigenvalue weighted by Gasteiger charge is -2.19. The molecule has 0 radical (unpaired) electrons. The van der Waals surface area contributed by atoms with Crippen molar-refractivity contribution in [2.24, 2.45) is 0 Å². The molecule has 9 aromatic carbocycles. The fourth-order valence-corrected chi connectivity index (χ4v) is 6.71. The van der Waals surface area contributed by atoms with Crippen LogP contribution in [0.4, 0.5) is 0 Å². The lowest BCUT2D eigenvalue weighted by atomic mass is 9.84. The van der Waals surface area contributed by atoms with Gasteiger partial charge in [0.2, 0.25) is 0 Å². The van der Waals surface area contributed by atoms with E-state index in [1.54, 1.807) is 0 Å².